The van der Waals surface area contributed by atoms with E-state index in [1.54, 1.807) is 49.5 Å². The van der Waals surface area contributed by atoms with Crippen LogP contribution in [-0.4, -0.2) is 29.1 Å². The van der Waals surface area contributed by atoms with Crippen molar-refractivity contribution in [3.05, 3.63) is 90.8 Å². The second kappa shape index (κ2) is 9.52. The van der Waals surface area contributed by atoms with Crippen molar-refractivity contribution in [1.29, 1.82) is 5.26 Å². The number of para-hydroxylation sites is 1. The summed E-state index contributed by atoms with van der Waals surface area (Å²) in [4.78, 5) is 11.8. The third kappa shape index (κ3) is 4.62. The van der Waals surface area contributed by atoms with Crippen molar-refractivity contribution in [1.82, 2.24) is 15.0 Å². The number of sulfone groups is 1. The van der Waals surface area contributed by atoms with E-state index in [-0.39, 0.29) is 10.8 Å². The molecular weight excluding hydrogens is 476 g/mol. The molecule has 9 heteroatoms. The van der Waals surface area contributed by atoms with E-state index < -0.39 is 9.84 Å². The maximum atomic E-state index is 12.1. The van der Waals surface area contributed by atoms with Crippen molar-refractivity contribution in [2.45, 2.75) is 11.9 Å². The summed E-state index contributed by atoms with van der Waals surface area (Å²) < 4.78 is 36.3. The Hall–Kier alpha value is -4.68. The van der Waals surface area contributed by atoms with E-state index in [2.05, 4.69) is 21.0 Å². The number of aromatic nitrogens is 3. The number of nitrogens with zero attached hydrogens (tertiary/aromatic N) is 3. The van der Waals surface area contributed by atoms with E-state index in [1.165, 1.54) is 12.3 Å². The lowest BCUT2D eigenvalue weighted by Gasteiger charge is -2.12. The molecule has 0 fully saturated rings. The molecule has 0 bridgehead atoms. The van der Waals surface area contributed by atoms with Crippen LogP contribution in [0, 0.1) is 11.3 Å². The Morgan fingerprint density at radius 3 is 2.47 bits per heavy atom. The zero-order valence-corrected chi connectivity index (χ0v) is 20.0. The van der Waals surface area contributed by atoms with Crippen LogP contribution in [0.2, 0.25) is 0 Å². The third-order valence-electron chi connectivity index (χ3n) is 5.48. The van der Waals surface area contributed by atoms with Crippen molar-refractivity contribution in [3.63, 3.8) is 0 Å². The van der Waals surface area contributed by atoms with Crippen LogP contribution >= 0.6 is 0 Å². The van der Waals surface area contributed by atoms with Crippen molar-refractivity contribution < 1.29 is 17.9 Å². The summed E-state index contributed by atoms with van der Waals surface area (Å²) in [5.41, 5.74) is 2.65. The standard InChI is InChI=1S/C27H20N4O4S/c1-2-36(32,33)26-11-10-20(17-30-26)34-21-13-19-14-23(22-8-5-6-12-29-22)31-27(19)25(15-21)35-24-9-4-3-7-18(24)16-28/h3-15,17,31H,2H2,1H3. The van der Waals surface area contributed by atoms with Gasteiger partial charge in [0, 0.05) is 17.6 Å². The van der Waals surface area contributed by atoms with E-state index >= 15 is 0 Å². The molecule has 8 nitrogen and oxygen atoms in total. The van der Waals surface area contributed by atoms with Gasteiger partial charge in [0.2, 0.25) is 0 Å². The summed E-state index contributed by atoms with van der Waals surface area (Å²) in [5.74, 6) is 1.64. The number of hydrogen-bond acceptors (Lipinski definition) is 7. The van der Waals surface area contributed by atoms with Crippen LogP contribution in [-0.2, 0) is 9.84 Å². The molecule has 36 heavy (non-hydrogen) atoms. The normalized spacial score (nSPS) is 11.2. The number of H-pyrrole nitrogens is 1. The molecule has 178 valence electrons. The highest BCUT2D eigenvalue weighted by atomic mass is 32.2. The fraction of sp³-hybridized carbons (Fsp3) is 0.0741. The Kier molecular flexibility index (Phi) is 6.10. The van der Waals surface area contributed by atoms with E-state index in [4.69, 9.17) is 9.47 Å². The lowest BCUT2D eigenvalue weighted by molar-refractivity contribution is 0.461. The first-order valence-electron chi connectivity index (χ1n) is 11.1. The molecule has 0 spiro atoms. The molecule has 0 unspecified atom stereocenters. The number of pyridine rings is 2. The van der Waals surface area contributed by atoms with Gasteiger partial charge in [0.05, 0.1) is 34.4 Å². The van der Waals surface area contributed by atoms with Gasteiger partial charge in [0.1, 0.15) is 23.3 Å². The molecule has 5 aromatic rings. The molecule has 0 amide bonds. The summed E-state index contributed by atoms with van der Waals surface area (Å²) in [6.45, 7) is 1.57. The lowest BCUT2D eigenvalue weighted by Crippen LogP contribution is -2.05. The summed E-state index contributed by atoms with van der Waals surface area (Å²) in [7, 11) is -3.41. The smallest absolute Gasteiger partial charge is 0.195 e. The zero-order chi connectivity index (χ0) is 25.1. The van der Waals surface area contributed by atoms with E-state index in [0.29, 0.717) is 34.1 Å². The molecule has 5 rings (SSSR count). The quantitative estimate of drug-likeness (QED) is 0.299. The Balaban J connectivity index is 1.57. The number of aromatic amines is 1. The lowest BCUT2D eigenvalue weighted by atomic mass is 10.2. The van der Waals surface area contributed by atoms with Gasteiger partial charge in [-0.15, -0.1) is 0 Å². The maximum Gasteiger partial charge on any atom is 0.195 e. The minimum atomic E-state index is -3.41. The summed E-state index contributed by atoms with van der Waals surface area (Å²) >= 11 is 0. The molecule has 3 heterocycles. The van der Waals surface area contributed by atoms with Gasteiger partial charge in [0.25, 0.3) is 0 Å². The zero-order valence-electron chi connectivity index (χ0n) is 19.2. The topological polar surface area (TPSA) is 118 Å². The molecule has 3 aromatic heterocycles. The van der Waals surface area contributed by atoms with Gasteiger partial charge in [-0.3, -0.25) is 4.98 Å². The number of hydrogen-bond donors (Lipinski definition) is 1. The first-order chi connectivity index (χ1) is 17.5. The first-order valence-corrected chi connectivity index (χ1v) is 12.7. The predicted octanol–water partition coefficient (Wildman–Crippen LogP) is 5.87. The van der Waals surface area contributed by atoms with E-state index in [1.807, 2.05) is 30.3 Å². The average Bonchev–Trinajstić information content (AvgIpc) is 3.34. The maximum absolute atomic E-state index is 12.1. The fourth-order valence-corrected chi connectivity index (χ4v) is 4.43. The van der Waals surface area contributed by atoms with Crippen LogP contribution in [0.25, 0.3) is 22.3 Å². The second-order valence-electron chi connectivity index (χ2n) is 7.83. The number of nitrogens with one attached hydrogen (secondary N) is 1. The van der Waals surface area contributed by atoms with Crippen LogP contribution in [0.15, 0.2) is 90.2 Å². The number of ether oxygens (including phenoxy) is 2. The van der Waals surface area contributed by atoms with Gasteiger partial charge in [-0.1, -0.05) is 25.1 Å². The summed E-state index contributed by atoms with van der Waals surface area (Å²) in [5, 5.41) is 10.3. The van der Waals surface area contributed by atoms with Crippen molar-refractivity contribution >= 4 is 20.7 Å². The van der Waals surface area contributed by atoms with Gasteiger partial charge in [0.15, 0.2) is 20.6 Å². The molecule has 0 radical (unpaired) electrons. The average molecular weight is 497 g/mol. The predicted molar refractivity (Wildman–Crippen MR) is 135 cm³/mol. The number of rotatable bonds is 7. The Morgan fingerprint density at radius 2 is 1.75 bits per heavy atom. The molecule has 0 saturated carbocycles. The molecule has 1 N–H and O–H groups in total. The van der Waals surface area contributed by atoms with Gasteiger partial charge in [-0.05, 0) is 48.5 Å². The monoisotopic (exact) mass is 496 g/mol. The SMILES string of the molecule is CCS(=O)(=O)c1ccc(Oc2cc(Oc3ccccc3C#N)c3[nH]c(-c4ccccn4)cc3c2)cn1. The molecule has 2 aromatic carbocycles. The molecule has 0 saturated heterocycles. The third-order valence-corrected chi connectivity index (χ3v) is 7.12. The highest BCUT2D eigenvalue weighted by Gasteiger charge is 2.16. The largest absolute Gasteiger partial charge is 0.456 e. The van der Waals surface area contributed by atoms with Crippen LogP contribution in [0.3, 0.4) is 0 Å². The highest BCUT2D eigenvalue weighted by Crippen LogP contribution is 2.38. The van der Waals surface area contributed by atoms with E-state index in [9.17, 15) is 13.7 Å². The summed E-state index contributed by atoms with van der Waals surface area (Å²) in [6, 6.07) is 23.2. The van der Waals surface area contributed by atoms with Crippen molar-refractivity contribution in [2.24, 2.45) is 0 Å². The second-order valence-corrected chi connectivity index (χ2v) is 10.1. The summed E-state index contributed by atoms with van der Waals surface area (Å²) in [6.07, 6.45) is 3.08. The first kappa shape index (κ1) is 23.1. The molecule has 0 atom stereocenters. The minimum absolute atomic E-state index is 0.00410. The Bertz CT molecular complexity index is 1690. The van der Waals surface area contributed by atoms with Crippen LogP contribution in [0.4, 0.5) is 0 Å². The number of nitriles is 1. The van der Waals surface area contributed by atoms with E-state index in [0.717, 1.165) is 16.8 Å². The number of benzene rings is 2. The Labute approximate surface area is 207 Å². The molecule has 0 aliphatic heterocycles. The Morgan fingerprint density at radius 1 is 0.917 bits per heavy atom. The van der Waals surface area contributed by atoms with Gasteiger partial charge >= 0.3 is 0 Å². The molecule has 0 aliphatic carbocycles. The molecular formula is C27H20N4O4S. The van der Waals surface area contributed by atoms with Crippen LogP contribution < -0.4 is 9.47 Å². The van der Waals surface area contributed by atoms with Gasteiger partial charge in [-0.2, -0.15) is 5.26 Å². The molecule has 0 aliphatic rings. The van der Waals surface area contributed by atoms with Gasteiger partial charge < -0.3 is 14.5 Å². The van der Waals surface area contributed by atoms with Crippen LogP contribution in [0.5, 0.6) is 23.0 Å². The number of fused-ring (bicyclic) bond motifs is 1. The fourth-order valence-electron chi connectivity index (χ4n) is 3.65. The van der Waals surface area contributed by atoms with Gasteiger partial charge in [-0.25, -0.2) is 13.4 Å². The van der Waals surface area contributed by atoms with Crippen molar-refractivity contribution in [2.75, 3.05) is 5.75 Å². The van der Waals surface area contributed by atoms with Crippen molar-refractivity contribution in [3.8, 4) is 40.5 Å². The minimum Gasteiger partial charge on any atom is -0.456 e. The van der Waals surface area contributed by atoms with Crippen LogP contribution in [0.1, 0.15) is 12.5 Å². The highest BCUT2D eigenvalue weighted by molar-refractivity contribution is 7.91.